The van der Waals surface area contributed by atoms with Crippen LogP contribution in [0.4, 0.5) is 0 Å². The van der Waals surface area contributed by atoms with E-state index in [1.165, 1.54) is 10.9 Å². The minimum absolute atomic E-state index is 0. The Kier molecular flexibility index (Phi) is 3.38. The molecule has 1 N–H and O–H groups in total. The molecule has 2 rings (SSSR count). The van der Waals surface area contributed by atoms with Gasteiger partial charge in [0.05, 0.1) is 0 Å². The first kappa shape index (κ1) is 9.76. The monoisotopic (exact) mass is 149 g/mol. The summed E-state index contributed by atoms with van der Waals surface area (Å²) in [7, 11) is 0. The van der Waals surface area contributed by atoms with Crippen molar-refractivity contribution in [3.05, 3.63) is 36.5 Å². The smallest absolute Gasteiger partial charge is 0.0453 e. The Hall–Kier alpha value is -1.24. The predicted molar refractivity (Wildman–Crippen MR) is 51.8 cm³/mol. The highest BCUT2D eigenvalue weighted by atomic mass is 14.6. The van der Waals surface area contributed by atoms with Crippen molar-refractivity contribution in [3.63, 3.8) is 0 Å². The lowest BCUT2D eigenvalue weighted by atomic mass is 10.3. The van der Waals surface area contributed by atoms with Gasteiger partial charge in [0.25, 0.3) is 0 Å². The number of H-pyrrole nitrogens is 1. The lowest BCUT2D eigenvalue weighted by Gasteiger charge is -1.83. The van der Waals surface area contributed by atoms with E-state index >= 15 is 0 Å². The highest BCUT2D eigenvalue weighted by Crippen LogP contribution is 2.09. The molecule has 0 aliphatic carbocycles. The molecule has 0 aliphatic rings. The number of para-hydroxylation sites is 1. The molecule has 0 amide bonds. The summed E-state index contributed by atoms with van der Waals surface area (Å²) in [5.41, 5.74) is 1.21. The lowest BCUT2D eigenvalue weighted by molar-refractivity contribution is 1.48. The van der Waals surface area contributed by atoms with Crippen LogP contribution in [0.15, 0.2) is 36.5 Å². The largest absolute Gasteiger partial charge is 0.361 e. The third-order valence-electron chi connectivity index (χ3n) is 1.46. The van der Waals surface area contributed by atoms with Gasteiger partial charge >= 0.3 is 0 Å². The Labute approximate surface area is 68.1 Å². The maximum atomic E-state index is 3.12. The highest BCUT2D eigenvalue weighted by Gasteiger charge is 1.86. The molecule has 0 unspecified atom stereocenters. The van der Waals surface area contributed by atoms with Crippen LogP contribution in [0.25, 0.3) is 10.9 Å². The summed E-state index contributed by atoms with van der Waals surface area (Å²) in [6.45, 7) is 0. The van der Waals surface area contributed by atoms with E-state index in [-0.39, 0.29) is 14.9 Å². The summed E-state index contributed by atoms with van der Waals surface area (Å²) >= 11 is 0. The Morgan fingerprint density at radius 3 is 2.36 bits per heavy atom. The van der Waals surface area contributed by atoms with Crippen LogP contribution in [-0.4, -0.2) is 4.98 Å². The van der Waals surface area contributed by atoms with E-state index in [1.54, 1.807) is 0 Å². The molecule has 0 atom stereocenters. The van der Waals surface area contributed by atoms with Gasteiger partial charge in [-0.15, -0.1) is 0 Å². The van der Waals surface area contributed by atoms with Crippen LogP contribution >= 0.6 is 0 Å². The van der Waals surface area contributed by atoms with Crippen molar-refractivity contribution in [1.29, 1.82) is 0 Å². The topological polar surface area (TPSA) is 15.8 Å². The van der Waals surface area contributed by atoms with Gasteiger partial charge in [-0.25, -0.2) is 0 Å². The van der Waals surface area contributed by atoms with Crippen molar-refractivity contribution in [2.45, 2.75) is 14.9 Å². The van der Waals surface area contributed by atoms with Crippen molar-refractivity contribution < 1.29 is 0 Å². The second-order valence-electron chi connectivity index (χ2n) is 2.06. The molecule has 0 aliphatic heterocycles. The fraction of sp³-hybridized carbons (Fsp3) is 0.200. The molecule has 0 spiro atoms. The zero-order valence-electron chi connectivity index (χ0n) is 4.96. The van der Waals surface area contributed by atoms with E-state index in [2.05, 4.69) is 23.2 Å². The van der Waals surface area contributed by atoms with Crippen molar-refractivity contribution in [3.8, 4) is 0 Å². The molecule has 0 saturated heterocycles. The molecule has 1 heteroatoms. The van der Waals surface area contributed by atoms with Gasteiger partial charge in [0.1, 0.15) is 0 Å². The summed E-state index contributed by atoms with van der Waals surface area (Å²) in [6.07, 6.45) is 1.95. The summed E-state index contributed by atoms with van der Waals surface area (Å²) in [4.78, 5) is 3.12. The minimum atomic E-state index is 0. The van der Waals surface area contributed by atoms with Crippen LogP contribution in [-0.2, 0) is 0 Å². The van der Waals surface area contributed by atoms with Crippen LogP contribution < -0.4 is 0 Å². The normalized spacial score (nSPS) is 8.36. The molecule has 1 heterocycles. The number of benzene rings is 1. The second kappa shape index (κ2) is 3.81. The average molecular weight is 149 g/mol. The molecule has 11 heavy (non-hydrogen) atoms. The summed E-state index contributed by atoms with van der Waals surface area (Å²) in [6, 6.07) is 10.3. The number of hydrogen-bond donors (Lipinski definition) is 1. The van der Waals surface area contributed by atoms with Gasteiger partial charge in [-0.05, 0) is 17.5 Å². The molecule has 60 valence electrons. The quantitative estimate of drug-likeness (QED) is 0.590. The summed E-state index contributed by atoms with van der Waals surface area (Å²) in [5.74, 6) is 0. The van der Waals surface area contributed by atoms with E-state index in [4.69, 9.17) is 0 Å². The molecule has 1 aromatic heterocycles. The van der Waals surface area contributed by atoms with Gasteiger partial charge in [0.2, 0.25) is 0 Å². The molecule has 0 fully saturated rings. The number of nitrogens with one attached hydrogen (secondary N) is 1. The second-order valence-corrected chi connectivity index (χ2v) is 2.06. The van der Waals surface area contributed by atoms with Crippen LogP contribution in [0.5, 0.6) is 0 Å². The molecular weight excluding hydrogens is 134 g/mol. The number of aromatic nitrogens is 1. The zero-order valence-corrected chi connectivity index (χ0v) is 4.96. The molecule has 0 saturated carbocycles. The SMILES string of the molecule is C.C.c1ccc2[nH]ccc2c1. The Bertz CT molecular complexity index is 279. The Morgan fingerprint density at radius 1 is 0.909 bits per heavy atom. The fourth-order valence-electron chi connectivity index (χ4n) is 0.995. The maximum absolute atomic E-state index is 3.12. The van der Waals surface area contributed by atoms with Gasteiger partial charge in [-0.2, -0.15) is 0 Å². The Morgan fingerprint density at radius 2 is 1.64 bits per heavy atom. The molecule has 1 aromatic carbocycles. The van der Waals surface area contributed by atoms with Crippen LogP contribution in [0.1, 0.15) is 14.9 Å². The average Bonchev–Trinajstić information content (AvgIpc) is 2.33. The van der Waals surface area contributed by atoms with Gasteiger partial charge in [0.15, 0.2) is 0 Å². The third-order valence-corrected chi connectivity index (χ3v) is 1.46. The first-order valence-electron chi connectivity index (χ1n) is 2.99. The van der Waals surface area contributed by atoms with E-state index in [0.29, 0.717) is 0 Å². The fourth-order valence-corrected chi connectivity index (χ4v) is 0.995. The first-order valence-corrected chi connectivity index (χ1v) is 2.99. The van der Waals surface area contributed by atoms with E-state index in [0.717, 1.165) is 0 Å². The number of aromatic amines is 1. The lowest BCUT2D eigenvalue weighted by Crippen LogP contribution is -1.61. The van der Waals surface area contributed by atoms with Gasteiger partial charge in [0, 0.05) is 11.7 Å². The molecular formula is C10H15N. The third kappa shape index (κ3) is 1.61. The number of rotatable bonds is 0. The Balaban J connectivity index is 0.000000500. The molecule has 0 radical (unpaired) electrons. The van der Waals surface area contributed by atoms with Gasteiger partial charge in [-0.1, -0.05) is 33.1 Å². The van der Waals surface area contributed by atoms with E-state index < -0.39 is 0 Å². The van der Waals surface area contributed by atoms with E-state index in [1.807, 2.05) is 18.3 Å². The summed E-state index contributed by atoms with van der Waals surface area (Å²) < 4.78 is 0. The highest BCUT2D eigenvalue weighted by molar-refractivity contribution is 5.78. The number of fused-ring (bicyclic) bond motifs is 1. The minimum Gasteiger partial charge on any atom is -0.361 e. The summed E-state index contributed by atoms with van der Waals surface area (Å²) in [5, 5.41) is 1.28. The van der Waals surface area contributed by atoms with Gasteiger partial charge < -0.3 is 4.98 Å². The van der Waals surface area contributed by atoms with Crippen molar-refractivity contribution >= 4 is 10.9 Å². The van der Waals surface area contributed by atoms with E-state index in [9.17, 15) is 0 Å². The van der Waals surface area contributed by atoms with Crippen molar-refractivity contribution in [2.24, 2.45) is 0 Å². The standard InChI is InChI=1S/C8H7N.2CH4/c1-2-4-8-7(3-1)5-6-9-8;;/h1-6,9H;2*1H4. The van der Waals surface area contributed by atoms with Crippen LogP contribution in [0.2, 0.25) is 0 Å². The molecule has 0 bridgehead atoms. The predicted octanol–water partition coefficient (Wildman–Crippen LogP) is 3.44. The van der Waals surface area contributed by atoms with Crippen molar-refractivity contribution in [1.82, 2.24) is 4.98 Å². The first-order chi connectivity index (χ1) is 4.47. The van der Waals surface area contributed by atoms with Gasteiger partial charge in [-0.3, -0.25) is 0 Å². The number of hydrogen-bond acceptors (Lipinski definition) is 0. The van der Waals surface area contributed by atoms with Crippen LogP contribution in [0.3, 0.4) is 0 Å². The molecule has 1 nitrogen and oxygen atoms in total. The van der Waals surface area contributed by atoms with Crippen LogP contribution in [0, 0.1) is 0 Å². The molecule has 2 aromatic rings. The zero-order chi connectivity index (χ0) is 6.10. The van der Waals surface area contributed by atoms with Crippen molar-refractivity contribution in [2.75, 3.05) is 0 Å². The maximum Gasteiger partial charge on any atom is 0.0453 e.